The number of hydrogen-bond donors (Lipinski definition) is 0. The SMILES string of the molecule is [O]c1ccc2c(c1)CCC=C2. The maximum atomic E-state index is 10.9. The number of allylic oxidation sites excluding steroid dienone is 1. The van der Waals surface area contributed by atoms with Gasteiger partial charge in [-0.2, -0.15) is 0 Å². The predicted molar refractivity (Wildman–Crippen MR) is 43.9 cm³/mol. The van der Waals surface area contributed by atoms with Crippen molar-refractivity contribution in [2.45, 2.75) is 12.8 Å². The molecule has 11 heavy (non-hydrogen) atoms. The largest absolute Gasteiger partial charge is 0.290 e. The molecule has 0 aromatic heterocycles. The van der Waals surface area contributed by atoms with Crippen LogP contribution in [0.3, 0.4) is 0 Å². The van der Waals surface area contributed by atoms with Crippen LogP contribution in [0.5, 0.6) is 5.75 Å². The molecular formula is C10H9O. The van der Waals surface area contributed by atoms with Crippen LogP contribution in [0.1, 0.15) is 17.5 Å². The van der Waals surface area contributed by atoms with Crippen LogP contribution in [0.25, 0.3) is 6.08 Å². The van der Waals surface area contributed by atoms with E-state index >= 15 is 0 Å². The predicted octanol–water partition coefficient (Wildman–Crippen LogP) is 2.79. The maximum absolute atomic E-state index is 10.9. The van der Waals surface area contributed by atoms with Crippen molar-refractivity contribution >= 4 is 6.08 Å². The van der Waals surface area contributed by atoms with Crippen molar-refractivity contribution in [1.29, 1.82) is 0 Å². The molecule has 2 rings (SSSR count). The van der Waals surface area contributed by atoms with Gasteiger partial charge >= 0.3 is 0 Å². The molecule has 1 nitrogen and oxygen atoms in total. The van der Waals surface area contributed by atoms with Crippen LogP contribution in [0, 0.1) is 0 Å². The lowest BCUT2D eigenvalue weighted by Crippen LogP contribution is -1.92. The van der Waals surface area contributed by atoms with Crippen molar-refractivity contribution in [3.05, 3.63) is 35.4 Å². The minimum absolute atomic E-state index is 0.124. The van der Waals surface area contributed by atoms with E-state index < -0.39 is 0 Å². The number of aryl methyl sites for hydroxylation is 1. The van der Waals surface area contributed by atoms with E-state index in [1.165, 1.54) is 11.1 Å². The van der Waals surface area contributed by atoms with Crippen LogP contribution >= 0.6 is 0 Å². The van der Waals surface area contributed by atoms with Crippen LogP contribution in [0.15, 0.2) is 24.3 Å². The molecule has 1 aromatic rings. The second kappa shape index (κ2) is 2.42. The molecule has 0 N–H and O–H groups in total. The van der Waals surface area contributed by atoms with Crippen LogP contribution < -0.4 is 0 Å². The van der Waals surface area contributed by atoms with Crippen LogP contribution in [-0.2, 0) is 11.5 Å². The Hall–Kier alpha value is -1.24. The molecule has 1 aromatic carbocycles. The van der Waals surface area contributed by atoms with E-state index in [2.05, 4.69) is 12.2 Å². The molecule has 0 fully saturated rings. The first-order valence-electron chi connectivity index (χ1n) is 3.83. The van der Waals surface area contributed by atoms with E-state index in [1.807, 2.05) is 6.07 Å². The molecular weight excluding hydrogens is 136 g/mol. The molecule has 1 aliphatic carbocycles. The van der Waals surface area contributed by atoms with E-state index in [0.717, 1.165) is 12.8 Å². The fourth-order valence-electron chi connectivity index (χ4n) is 1.41. The normalized spacial score (nSPS) is 14.5. The summed E-state index contributed by atoms with van der Waals surface area (Å²) in [7, 11) is 0. The monoisotopic (exact) mass is 145 g/mol. The van der Waals surface area contributed by atoms with E-state index in [0.29, 0.717) is 0 Å². The summed E-state index contributed by atoms with van der Waals surface area (Å²) < 4.78 is 0. The molecule has 0 spiro atoms. The average Bonchev–Trinajstić information content (AvgIpc) is 2.04. The number of rotatable bonds is 0. The molecule has 0 saturated heterocycles. The zero-order valence-electron chi connectivity index (χ0n) is 6.21. The quantitative estimate of drug-likeness (QED) is 0.535. The highest BCUT2D eigenvalue weighted by Gasteiger charge is 2.04. The number of fused-ring (bicyclic) bond motifs is 1. The molecule has 55 valence electrons. The van der Waals surface area contributed by atoms with Gasteiger partial charge in [0.1, 0.15) is 0 Å². The van der Waals surface area contributed by atoms with Crippen molar-refractivity contribution in [1.82, 2.24) is 0 Å². The van der Waals surface area contributed by atoms with E-state index in [-0.39, 0.29) is 5.75 Å². The van der Waals surface area contributed by atoms with Crippen LogP contribution in [-0.4, -0.2) is 0 Å². The summed E-state index contributed by atoms with van der Waals surface area (Å²) in [6.07, 6.45) is 6.31. The lowest BCUT2D eigenvalue weighted by molar-refractivity contribution is 0.354. The molecule has 0 atom stereocenters. The Morgan fingerprint density at radius 2 is 2.18 bits per heavy atom. The van der Waals surface area contributed by atoms with Crippen LogP contribution in [0.4, 0.5) is 0 Å². The first-order valence-corrected chi connectivity index (χ1v) is 3.83. The van der Waals surface area contributed by atoms with Gasteiger partial charge in [-0.15, -0.1) is 0 Å². The van der Waals surface area contributed by atoms with Gasteiger partial charge in [0.05, 0.1) is 0 Å². The lowest BCUT2D eigenvalue weighted by atomic mass is 9.97. The van der Waals surface area contributed by atoms with Gasteiger partial charge in [-0.3, -0.25) is 5.11 Å². The van der Waals surface area contributed by atoms with E-state index in [9.17, 15) is 5.11 Å². The average molecular weight is 145 g/mol. The van der Waals surface area contributed by atoms with Crippen molar-refractivity contribution in [3.63, 3.8) is 0 Å². The number of benzene rings is 1. The van der Waals surface area contributed by atoms with Gasteiger partial charge in [0.2, 0.25) is 0 Å². The molecule has 1 aliphatic rings. The Kier molecular flexibility index (Phi) is 1.42. The highest BCUT2D eigenvalue weighted by molar-refractivity contribution is 5.57. The Morgan fingerprint density at radius 1 is 1.27 bits per heavy atom. The zero-order chi connectivity index (χ0) is 7.68. The fourth-order valence-corrected chi connectivity index (χ4v) is 1.41. The van der Waals surface area contributed by atoms with Crippen LogP contribution in [0.2, 0.25) is 0 Å². The minimum atomic E-state index is 0.124. The molecule has 0 saturated carbocycles. The van der Waals surface area contributed by atoms with Crippen molar-refractivity contribution in [3.8, 4) is 5.75 Å². The Labute approximate surface area is 66.0 Å². The van der Waals surface area contributed by atoms with Gasteiger partial charge in [-0.05, 0) is 36.1 Å². The van der Waals surface area contributed by atoms with Crippen molar-refractivity contribution in [2.75, 3.05) is 0 Å². The summed E-state index contributed by atoms with van der Waals surface area (Å²) in [6.45, 7) is 0. The fraction of sp³-hybridized carbons (Fsp3) is 0.200. The smallest absolute Gasteiger partial charge is 0.178 e. The van der Waals surface area contributed by atoms with Gasteiger partial charge in [0, 0.05) is 0 Å². The summed E-state index contributed by atoms with van der Waals surface area (Å²) in [6, 6.07) is 5.25. The number of hydrogen-bond acceptors (Lipinski definition) is 0. The highest BCUT2D eigenvalue weighted by Crippen LogP contribution is 2.23. The Balaban J connectivity index is 2.53. The molecule has 0 unspecified atom stereocenters. The van der Waals surface area contributed by atoms with E-state index in [1.54, 1.807) is 12.1 Å². The molecule has 0 heterocycles. The first kappa shape index (κ1) is 6.47. The highest BCUT2D eigenvalue weighted by atomic mass is 16.3. The summed E-state index contributed by atoms with van der Waals surface area (Å²) in [5.74, 6) is 0.124. The lowest BCUT2D eigenvalue weighted by Gasteiger charge is -2.08. The second-order valence-corrected chi connectivity index (χ2v) is 2.80. The topological polar surface area (TPSA) is 19.9 Å². The first-order chi connectivity index (χ1) is 5.36. The van der Waals surface area contributed by atoms with Gasteiger partial charge in [0.15, 0.2) is 5.75 Å². The van der Waals surface area contributed by atoms with Gasteiger partial charge in [0.25, 0.3) is 0 Å². The Morgan fingerprint density at radius 3 is 3.09 bits per heavy atom. The molecule has 0 amide bonds. The standard InChI is InChI=1S/C10H9O/c11-10-6-5-8-3-1-2-4-9(8)7-10/h1,3,5-7H,2,4H2. The van der Waals surface area contributed by atoms with Gasteiger partial charge < -0.3 is 0 Å². The van der Waals surface area contributed by atoms with E-state index in [4.69, 9.17) is 0 Å². The Bertz CT molecular complexity index is 300. The summed E-state index contributed by atoms with van der Waals surface area (Å²) in [5, 5.41) is 10.9. The summed E-state index contributed by atoms with van der Waals surface area (Å²) in [5.41, 5.74) is 2.40. The summed E-state index contributed by atoms with van der Waals surface area (Å²) in [4.78, 5) is 0. The van der Waals surface area contributed by atoms with Crippen molar-refractivity contribution < 1.29 is 5.11 Å². The third kappa shape index (κ3) is 1.14. The third-order valence-corrected chi connectivity index (χ3v) is 1.99. The van der Waals surface area contributed by atoms with Gasteiger partial charge in [-0.25, -0.2) is 0 Å². The maximum Gasteiger partial charge on any atom is 0.178 e. The third-order valence-electron chi connectivity index (χ3n) is 1.99. The minimum Gasteiger partial charge on any atom is -0.290 e. The second-order valence-electron chi connectivity index (χ2n) is 2.80. The van der Waals surface area contributed by atoms with Crippen molar-refractivity contribution in [2.24, 2.45) is 0 Å². The zero-order valence-corrected chi connectivity index (χ0v) is 6.21. The molecule has 0 aliphatic heterocycles. The molecule has 1 radical (unpaired) electrons. The molecule has 1 heteroatoms. The van der Waals surface area contributed by atoms with Gasteiger partial charge in [-0.1, -0.05) is 18.2 Å². The summed E-state index contributed by atoms with van der Waals surface area (Å²) >= 11 is 0. The molecule has 0 bridgehead atoms.